The number of aliphatic hydroxyl groups excluding tert-OH is 1. The number of carbonyl (C=O) groups is 1. The number of nitrogens with zero attached hydrogens (tertiary/aromatic N) is 2. The Balaban J connectivity index is 1.54. The van der Waals surface area contributed by atoms with Gasteiger partial charge < -0.3 is 10.0 Å². The minimum absolute atomic E-state index is 0.113. The number of piperazine rings is 1. The van der Waals surface area contributed by atoms with Crippen LogP contribution < -0.4 is 0 Å². The van der Waals surface area contributed by atoms with Crippen LogP contribution in [0.3, 0.4) is 0 Å². The first-order valence-electron chi connectivity index (χ1n) is 7.94. The van der Waals surface area contributed by atoms with E-state index in [1.165, 1.54) is 0 Å². The number of aliphatic hydroxyl groups is 1. The summed E-state index contributed by atoms with van der Waals surface area (Å²) in [5.41, 5.74) is 1.81. The summed E-state index contributed by atoms with van der Waals surface area (Å²) in [5.74, 6) is 0.113. The highest BCUT2D eigenvalue weighted by Crippen LogP contribution is 2.20. The van der Waals surface area contributed by atoms with E-state index in [9.17, 15) is 9.90 Å². The van der Waals surface area contributed by atoms with Gasteiger partial charge in [0.2, 0.25) is 0 Å². The minimum Gasteiger partial charge on any atom is -0.386 e. The van der Waals surface area contributed by atoms with Crippen LogP contribution in [0.25, 0.3) is 0 Å². The third-order valence-electron chi connectivity index (χ3n) is 4.34. The zero-order valence-corrected chi connectivity index (χ0v) is 14.1. The van der Waals surface area contributed by atoms with Crippen molar-refractivity contribution in [2.45, 2.75) is 13.0 Å². The van der Waals surface area contributed by atoms with Crippen LogP contribution in [0.5, 0.6) is 0 Å². The molecule has 1 amide bonds. The lowest BCUT2D eigenvalue weighted by atomic mass is 10.1. The predicted molar refractivity (Wildman–Crippen MR) is 92.8 cm³/mol. The summed E-state index contributed by atoms with van der Waals surface area (Å²) >= 11 is 1.58. The molecule has 1 aromatic carbocycles. The number of hydrogen-bond acceptors (Lipinski definition) is 4. The lowest BCUT2D eigenvalue weighted by molar-refractivity contribution is 0.0532. The number of amides is 1. The highest BCUT2D eigenvalue weighted by atomic mass is 32.1. The number of carbonyl (C=O) groups excluding carboxylic acids is 1. The standard InChI is InChI=1S/C18H22N2O2S/c1-14-5-2-3-6-15(14)18(22)20-10-8-19(9-11-20)13-16(21)17-7-4-12-23-17/h2-7,12,16,21H,8-11,13H2,1H3. The summed E-state index contributed by atoms with van der Waals surface area (Å²) < 4.78 is 0. The van der Waals surface area contributed by atoms with Crippen molar-refractivity contribution in [3.05, 3.63) is 57.8 Å². The molecule has 1 aromatic heterocycles. The smallest absolute Gasteiger partial charge is 0.254 e. The fourth-order valence-corrected chi connectivity index (χ4v) is 3.64. The fraction of sp³-hybridized carbons (Fsp3) is 0.389. The number of hydrogen-bond donors (Lipinski definition) is 1. The second kappa shape index (κ2) is 7.25. The molecule has 2 heterocycles. The molecular formula is C18H22N2O2S. The van der Waals surface area contributed by atoms with E-state index in [1.54, 1.807) is 11.3 Å². The first-order chi connectivity index (χ1) is 11.1. The van der Waals surface area contributed by atoms with Gasteiger partial charge in [0.25, 0.3) is 5.91 Å². The Bertz CT molecular complexity index is 649. The Labute approximate surface area is 141 Å². The average molecular weight is 330 g/mol. The van der Waals surface area contributed by atoms with Crippen molar-refractivity contribution >= 4 is 17.2 Å². The summed E-state index contributed by atoms with van der Waals surface area (Å²) in [7, 11) is 0. The first kappa shape index (κ1) is 16.2. The summed E-state index contributed by atoms with van der Waals surface area (Å²) in [6, 6.07) is 11.7. The lowest BCUT2D eigenvalue weighted by Crippen LogP contribution is -2.49. The first-order valence-corrected chi connectivity index (χ1v) is 8.82. The van der Waals surface area contributed by atoms with E-state index < -0.39 is 6.10 Å². The van der Waals surface area contributed by atoms with Crippen LogP contribution in [-0.2, 0) is 0 Å². The van der Waals surface area contributed by atoms with Gasteiger partial charge in [0.05, 0.1) is 0 Å². The molecule has 0 saturated carbocycles. The highest BCUT2D eigenvalue weighted by Gasteiger charge is 2.24. The molecule has 0 radical (unpaired) electrons. The molecule has 1 aliphatic rings. The van der Waals surface area contributed by atoms with E-state index in [2.05, 4.69) is 4.90 Å². The molecule has 1 saturated heterocycles. The monoisotopic (exact) mass is 330 g/mol. The molecule has 122 valence electrons. The van der Waals surface area contributed by atoms with Crippen molar-refractivity contribution in [3.8, 4) is 0 Å². The summed E-state index contributed by atoms with van der Waals surface area (Å²) in [6.07, 6.45) is -0.436. The predicted octanol–water partition coefficient (Wildman–Crippen LogP) is 2.55. The zero-order valence-electron chi connectivity index (χ0n) is 13.3. The zero-order chi connectivity index (χ0) is 16.2. The van der Waals surface area contributed by atoms with Crippen molar-refractivity contribution < 1.29 is 9.90 Å². The minimum atomic E-state index is -0.436. The largest absolute Gasteiger partial charge is 0.386 e. The van der Waals surface area contributed by atoms with Gasteiger partial charge in [0.15, 0.2) is 0 Å². The van der Waals surface area contributed by atoms with Crippen molar-refractivity contribution in [1.29, 1.82) is 0 Å². The number of benzene rings is 1. The Hall–Kier alpha value is -1.69. The topological polar surface area (TPSA) is 43.8 Å². The van der Waals surface area contributed by atoms with Crippen LogP contribution in [-0.4, -0.2) is 53.5 Å². The van der Waals surface area contributed by atoms with E-state index in [-0.39, 0.29) is 5.91 Å². The SMILES string of the molecule is Cc1ccccc1C(=O)N1CCN(CC(O)c2cccs2)CC1. The van der Waals surface area contributed by atoms with E-state index in [4.69, 9.17) is 0 Å². The van der Waals surface area contributed by atoms with Gasteiger partial charge >= 0.3 is 0 Å². The normalized spacial score (nSPS) is 17.2. The van der Waals surface area contributed by atoms with Crippen LogP contribution in [0.15, 0.2) is 41.8 Å². The second-order valence-corrected chi connectivity index (χ2v) is 6.92. The van der Waals surface area contributed by atoms with Crippen LogP contribution in [0.2, 0.25) is 0 Å². The Morgan fingerprint density at radius 1 is 1.17 bits per heavy atom. The third-order valence-corrected chi connectivity index (χ3v) is 5.31. The molecule has 1 fully saturated rings. The van der Waals surface area contributed by atoms with Crippen molar-refractivity contribution in [3.63, 3.8) is 0 Å². The summed E-state index contributed by atoms with van der Waals surface area (Å²) in [4.78, 5) is 17.7. The molecule has 2 aromatic rings. The summed E-state index contributed by atoms with van der Waals surface area (Å²) in [6.45, 7) is 5.64. The fourth-order valence-electron chi connectivity index (χ4n) is 2.93. The molecule has 3 rings (SSSR count). The molecular weight excluding hydrogens is 308 g/mol. The van der Waals surface area contributed by atoms with Gasteiger partial charge in [0, 0.05) is 43.2 Å². The van der Waals surface area contributed by atoms with Crippen LogP contribution in [0.4, 0.5) is 0 Å². The number of thiophene rings is 1. The number of aryl methyl sites for hydroxylation is 1. The van der Waals surface area contributed by atoms with Crippen molar-refractivity contribution in [1.82, 2.24) is 9.80 Å². The molecule has 0 bridgehead atoms. The average Bonchev–Trinajstić information content (AvgIpc) is 3.10. The quantitative estimate of drug-likeness (QED) is 0.937. The van der Waals surface area contributed by atoms with Gasteiger partial charge in [0.1, 0.15) is 6.10 Å². The van der Waals surface area contributed by atoms with Gasteiger partial charge in [-0.15, -0.1) is 11.3 Å². The molecule has 23 heavy (non-hydrogen) atoms. The lowest BCUT2D eigenvalue weighted by Gasteiger charge is -2.35. The maximum atomic E-state index is 12.6. The van der Waals surface area contributed by atoms with Crippen molar-refractivity contribution in [2.24, 2.45) is 0 Å². The van der Waals surface area contributed by atoms with Gasteiger partial charge in [-0.1, -0.05) is 24.3 Å². The van der Waals surface area contributed by atoms with Gasteiger partial charge in [-0.25, -0.2) is 0 Å². The Morgan fingerprint density at radius 3 is 2.57 bits per heavy atom. The molecule has 0 spiro atoms. The molecule has 1 aliphatic heterocycles. The second-order valence-electron chi connectivity index (χ2n) is 5.94. The number of β-amino-alcohol motifs (C(OH)–C–C–N with tert-alkyl or cyclic N) is 1. The van der Waals surface area contributed by atoms with E-state index in [1.807, 2.05) is 53.6 Å². The maximum Gasteiger partial charge on any atom is 0.254 e. The Kier molecular flexibility index (Phi) is 5.10. The molecule has 0 aliphatic carbocycles. The van der Waals surface area contributed by atoms with Crippen LogP contribution in [0.1, 0.15) is 26.9 Å². The van der Waals surface area contributed by atoms with E-state index >= 15 is 0 Å². The summed E-state index contributed by atoms with van der Waals surface area (Å²) in [5, 5.41) is 12.2. The molecule has 1 unspecified atom stereocenters. The number of rotatable bonds is 4. The third kappa shape index (κ3) is 3.80. The van der Waals surface area contributed by atoms with E-state index in [0.717, 1.165) is 29.1 Å². The molecule has 1 atom stereocenters. The van der Waals surface area contributed by atoms with Crippen molar-refractivity contribution in [2.75, 3.05) is 32.7 Å². The molecule has 5 heteroatoms. The van der Waals surface area contributed by atoms with E-state index in [0.29, 0.717) is 19.6 Å². The van der Waals surface area contributed by atoms with Gasteiger partial charge in [-0.05, 0) is 30.0 Å². The van der Waals surface area contributed by atoms with Crippen LogP contribution in [0, 0.1) is 6.92 Å². The molecule has 4 nitrogen and oxygen atoms in total. The van der Waals surface area contributed by atoms with Gasteiger partial charge in [-0.3, -0.25) is 9.69 Å². The van der Waals surface area contributed by atoms with Gasteiger partial charge in [-0.2, -0.15) is 0 Å². The maximum absolute atomic E-state index is 12.6. The molecule has 1 N–H and O–H groups in total. The highest BCUT2D eigenvalue weighted by molar-refractivity contribution is 7.10. The Morgan fingerprint density at radius 2 is 1.91 bits per heavy atom. The van der Waals surface area contributed by atoms with Crippen LogP contribution >= 0.6 is 11.3 Å².